The Bertz CT molecular complexity index is 1100. The van der Waals surface area contributed by atoms with Gasteiger partial charge in [-0.1, -0.05) is 110 Å². The number of hydrogen-bond donors (Lipinski definition) is 0. The Hall–Kier alpha value is -2.34. The van der Waals surface area contributed by atoms with E-state index in [9.17, 15) is 0 Å². The molecule has 0 aliphatic rings. The van der Waals surface area contributed by atoms with Gasteiger partial charge in [0, 0.05) is 0 Å². The molecule has 0 nitrogen and oxygen atoms in total. The molecule has 0 bridgehead atoms. The Morgan fingerprint density at radius 2 is 1.21 bits per heavy atom. The van der Waals surface area contributed by atoms with E-state index in [1.165, 1.54) is 62.1 Å². The van der Waals surface area contributed by atoms with Crippen LogP contribution >= 0.6 is 0 Å². The Labute approximate surface area is 203 Å². The van der Waals surface area contributed by atoms with E-state index in [2.05, 4.69) is 118 Å². The standard InChI is InChI=1S/C33H44/c1-11-13-25-15-14-24(12-2)18-31(25)30-17-22(3)16-29(23(30)4)26-19-27(32(5,6)7)21-28(20-26)33(8,9)10/h14-21H,11-13H2,1-10H3. The van der Waals surface area contributed by atoms with Crippen LogP contribution < -0.4 is 0 Å². The molecular formula is C33H44. The predicted octanol–water partition coefficient (Wildman–Crippen LogP) is 9.75. The second-order valence-corrected chi connectivity index (χ2v) is 11.9. The van der Waals surface area contributed by atoms with Crippen LogP contribution in [0.15, 0.2) is 48.5 Å². The average molecular weight is 441 g/mol. The van der Waals surface area contributed by atoms with E-state index in [1.807, 2.05) is 0 Å². The lowest BCUT2D eigenvalue weighted by molar-refractivity contribution is 0.569. The summed E-state index contributed by atoms with van der Waals surface area (Å²) in [6.07, 6.45) is 3.36. The minimum atomic E-state index is 0.111. The Balaban J connectivity index is 2.31. The zero-order chi connectivity index (χ0) is 24.6. The lowest BCUT2D eigenvalue weighted by Gasteiger charge is -2.27. The first-order valence-corrected chi connectivity index (χ1v) is 12.7. The highest BCUT2D eigenvalue weighted by Crippen LogP contribution is 2.39. The lowest BCUT2D eigenvalue weighted by Crippen LogP contribution is -2.16. The molecule has 0 unspecified atom stereocenters. The van der Waals surface area contributed by atoms with Crippen molar-refractivity contribution in [2.75, 3.05) is 0 Å². The highest BCUT2D eigenvalue weighted by atomic mass is 14.3. The minimum absolute atomic E-state index is 0.111. The van der Waals surface area contributed by atoms with Gasteiger partial charge in [-0.15, -0.1) is 0 Å². The molecule has 0 saturated carbocycles. The van der Waals surface area contributed by atoms with E-state index in [-0.39, 0.29) is 10.8 Å². The molecule has 0 saturated heterocycles. The molecule has 0 radical (unpaired) electrons. The second-order valence-electron chi connectivity index (χ2n) is 11.9. The van der Waals surface area contributed by atoms with Crippen molar-refractivity contribution in [3.05, 3.63) is 81.9 Å². The maximum absolute atomic E-state index is 2.43. The van der Waals surface area contributed by atoms with Crippen molar-refractivity contribution in [1.29, 1.82) is 0 Å². The zero-order valence-electron chi connectivity index (χ0n) is 22.7. The third-order valence-corrected chi connectivity index (χ3v) is 6.92. The normalized spacial score (nSPS) is 12.3. The van der Waals surface area contributed by atoms with Gasteiger partial charge in [0.15, 0.2) is 0 Å². The summed E-state index contributed by atoms with van der Waals surface area (Å²) < 4.78 is 0. The average Bonchev–Trinajstić information content (AvgIpc) is 2.74. The van der Waals surface area contributed by atoms with E-state index in [0.717, 1.165) is 12.8 Å². The molecule has 0 aliphatic heterocycles. The smallest absolute Gasteiger partial charge is 0.0132 e. The third kappa shape index (κ3) is 5.60. The SMILES string of the molecule is CCCc1ccc(CC)cc1-c1cc(C)cc(-c2cc(C(C)(C)C)cc(C(C)(C)C)c2)c1C. The van der Waals surface area contributed by atoms with Gasteiger partial charge in [-0.05, 0) is 93.2 Å². The monoisotopic (exact) mass is 440 g/mol. The fraction of sp³-hybridized carbons (Fsp3) is 0.455. The number of rotatable bonds is 5. The Morgan fingerprint density at radius 3 is 1.73 bits per heavy atom. The first-order valence-electron chi connectivity index (χ1n) is 12.7. The minimum Gasteiger partial charge on any atom is -0.0651 e. The van der Waals surface area contributed by atoms with Gasteiger partial charge in [0.05, 0.1) is 0 Å². The van der Waals surface area contributed by atoms with Gasteiger partial charge >= 0.3 is 0 Å². The first kappa shape index (κ1) is 25.3. The molecule has 0 N–H and O–H groups in total. The molecule has 0 fully saturated rings. The van der Waals surface area contributed by atoms with E-state index in [1.54, 1.807) is 0 Å². The third-order valence-electron chi connectivity index (χ3n) is 6.92. The van der Waals surface area contributed by atoms with Crippen LogP contribution in [0.2, 0.25) is 0 Å². The summed E-state index contributed by atoms with van der Waals surface area (Å²) in [5, 5.41) is 0. The largest absolute Gasteiger partial charge is 0.0651 e. The van der Waals surface area contributed by atoms with Gasteiger partial charge in [-0.2, -0.15) is 0 Å². The molecule has 0 heterocycles. The van der Waals surface area contributed by atoms with Crippen LogP contribution in [0.5, 0.6) is 0 Å². The summed E-state index contributed by atoms with van der Waals surface area (Å²) in [6, 6.07) is 19.1. The van der Waals surface area contributed by atoms with Crippen molar-refractivity contribution in [1.82, 2.24) is 0 Å². The van der Waals surface area contributed by atoms with Crippen molar-refractivity contribution in [2.45, 2.75) is 99.3 Å². The molecule has 0 aliphatic carbocycles. The first-order chi connectivity index (χ1) is 15.3. The van der Waals surface area contributed by atoms with Gasteiger partial charge in [-0.25, -0.2) is 0 Å². The molecule has 3 aromatic rings. The van der Waals surface area contributed by atoms with Crippen LogP contribution in [0.25, 0.3) is 22.3 Å². The lowest BCUT2D eigenvalue weighted by atomic mass is 9.78. The molecule has 3 rings (SSSR count). The van der Waals surface area contributed by atoms with Crippen molar-refractivity contribution in [3.63, 3.8) is 0 Å². The van der Waals surface area contributed by atoms with Crippen molar-refractivity contribution < 1.29 is 0 Å². The van der Waals surface area contributed by atoms with Crippen LogP contribution in [0.1, 0.15) is 95.2 Å². The highest BCUT2D eigenvalue weighted by Gasteiger charge is 2.22. The van der Waals surface area contributed by atoms with Gasteiger partial charge in [0.1, 0.15) is 0 Å². The predicted molar refractivity (Wildman–Crippen MR) is 148 cm³/mol. The second kappa shape index (κ2) is 9.49. The number of benzene rings is 3. The maximum Gasteiger partial charge on any atom is -0.0132 e. The molecule has 3 aromatic carbocycles. The Morgan fingerprint density at radius 1 is 0.636 bits per heavy atom. The number of hydrogen-bond acceptors (Lipinski definition) is 0. The van der Waals surface area contributed by atoms with Gasteiger partial charge in [-0.3, -0.25) is 0 Å². The molecule has 176 valence electrons. The van der Waals surface area contributed by atoms with Crippen molar-refractivity contribution in [2.24, 2.45) is 0 Å². The van der Waals surface area contributed by atoms with Gasteiger partial charge in [0.25, 0.3) is 0 Å². The molecule has 0 atom stereocenters. The topological polar surface area (TPSA) is 0 Å². The summed E-state index contributed by atoms with van der Waals surface area (Å²) >= 11 is 0. The summed E-state index contributed by atoms with van der Waals surface area (Å²) in [6.45, 7) is 23.0. The van der Waals surface area contributed by atoms with Gasteiger partial charge in [0.2, 0.25) is 0 Å². The van der Waals surface area contributed by atoms with E-state index >= 15 is 0 Å². The van der Waals surface area contributed by atoms with Crippen molar-refractivity contribution >= 4 is 0 Å². The van der Waals surface area contributed by atoms with Crippen LogP contribution in [0.3, 0.4) is 0 Å². The van der Waals surface area contributed by atoms with E-state index in [0.29, 0.717) is 0 Å². The maximum atomic E-state index is 2.43. The molecule has 0 amide bonds. The molecule has 0 heteroatoms. The molecule has 0 aromatic heterocycles. The fourth-order valence-corrected chi connectivity index (χ4v) is 4.67. The van der Waals surface area contributed by atoms with E-state index in [4.69, 9.17) is 0 Å². The van der Waals surface area contributed by atoms with Crippen LogP contribution in [-0.2, 0) is 23.7 Å². The molecule has 0 spiro atoms. The quantitative estimate of drug-likeness (QED) is 0.370. The van der Waals surface area contributed by atoms with E-state index < -0.39 is 0 Å². The fourth-order valence-electron chi connectivity index (χ4n) is 4.67. The summed E-state index contributed by atoms with van der Waals surface area (Å²) in [5.41, 5.74) is 14.2. The summed E-state index contributed by atoms with van der Waals surface area (Å²) in [4.78, 5) is 0. The van der Waals surface area contributed by atoms with Gasteiger partial charge < -0.3 is 0 Å². The van der Waals surface area contributed by atoms with Crippen LogP contribution in [0.4, 0.5) is 0 Å². The summed E-state index contributed by atoms with van der Waals surface area (Å²) in [5.74, 6) is 0. The van der Waals surface area contributed by atoms with Crippen LogP contribution in [0, 0.1) is 13.8 Å². The summed E-state index contributed by atoms with van der Waals surface area (Å²) in [7, 11) is 0. The zero-order valence-corrected chi connectivity index (χ0v) is 22.7. The highest BCUT2D eigenvalue weighted by molar-refractivity contribution is 5.81. The molecular weight excluding hydrogens is 396 g/mol. The number of aryl methyl sites for hydroxylation is 3. The molecule has 33 heavy (non-hydrogen) atoms. The van der Waals surface area contributed by atoms with Crippen molar-refractivity contribution in [3.8, 4) is 22.3 Å². The Kier molecular flexibility index (Phi) is 7.27. The van der Waals surface area contributed by atoms with Crippen LogP contribution in [-0.4, -0.2) is 0 Å².